The zero-order valence-corrected chi connectivity index (χ0v) is 14.1. The van der Waals surface area contributed by atoms with Crippen LogP contribution in [-0.2, 0) is 6.54 Å². The summed E-state index contributed by atoms with van der Waals surface area (Å²) in [6.45, 7) is 14.3. The van der Waals surface area contributed by atoms with Crippen molar-refractivity contribution in [1.29, 1.82) is 0 Å². The molecule has 0 aromatic carbocycles. The number of hydrogen-bond acceptors (Lipinski definition) is 4. The molecule has 110 valence electrons. The lowest BCUT2D eigenvalue weighted by molar-refractivity contribution is 0.547. The maximum atomic E-state index is 4.89. The first-order valence-electron chi connectivity index (χ1n) is 7.42. The Balaban J connectivity index is 2.94. The summed E-state index contributed by atoms with van der Waals surface area (Å²) in [5, 5.41) is 4.44. The lowest BCUT2D eigenvalue weighted by atomic mass is 10.1. The number of aromatic nitrogens is 1. The van der Waals surface area contributed by atoms with Gasteiger partial charge >= 0.3 is 0 Å². The summed E-state index contributed by atoms with van der Waals surface area (Å²) >= 11 is 1.85. The van der Waals surface area contributed by atoms with Crippen LogP contribution in [0.5, 0.6) is 0 Å². The molecule has 1 unspecified atom stereocenters. The van der Waals surface area contributed by atoms with Gasteiger partial charge in [-0.05, 0) is 25.8 Å². The van der Waals surface area contributed by atoms with E-state index in [1.54, 1.807) is 0 Å². The molecule has 3 nitrogen and oxygen atoms in total. The molecule has 4 heteroatoms. The molecule has 0 spiro atoms. The first kappa shape index (κ1) is 16.4. The first-order chi connectivity index (χ1) is 9.03. The Kier molecular flexibility index (Phi) is 6.80. The summed E-state index contributed by atoms with van der Waals surface area (Å²) < 4.78 is 0. The molecule has 0 amide bonds. The molecule has 0 aliphatic carbocycles. The fourth-order valence-corrected chi connectivity index (χ4v) is 3.37. The number of nitrogens with one attached hydrogen (secondary N) is 1. The zero-order chi connectivity index (χ0) is 14.4. The van der Waals surface area contributed by atoms with E-state index in [1.165, 1.54) is 22.1 Å². The molecule has 0 radical (unpaired) electrons. The largest absolute Gasteiger partial charge is 0.348 e. The predicted octanol–water partition coefficient (Wildman–Crippen LogP) is 3.86. The van der Waals surface area contributed by atoms with E-state index in [-0.39, 0.29) is 0 Å². The molecule has 1 rings (SSSR count). The smallest absolute Gasteiger partial charge is 0.185 e. The van der Waals surface area contributed by atoms with Crippen LogP contribution in [0.15, 0.2) is 0 Å². The van der Waals surface area contributed by atoms with Crippen LogP contribution < -0.4 is 10.2 Å². The van der Waals surface area contributed by atoms with Gasteiger partial charge in [0.15, 0.2) is 5.13 Å². The normalized spacial score (nSPS) is 13.0. The highest BCUT2D eigenvalue weighted by Gasteiger charge is 2.18. The number of rotatable bonds is 8. The van der Waals surface area contributed by atoms with Gasteiger partial charge in [0, 0.05) is 24.5 Å². The van der Waals surface area contributed by atoms with Crippen molar-refractivity contribution in [3.8, 4) is 0 Å². The van der Waals surface area contributed by atoms with Gasteiger partial charge in [0.25, 0.3) is 0 Å². The predicted molar refractivity (Wildman–Crippen MR) is 86.3 cm³/mol. The second kappa shape index (κ2) is 7.85. The third kappa shape index (κ3) is 4.46. The SMILES string of the molecule is CCC(C)CN(CC)c1nc(C(C)C)c(CNC)s1. The molecule has 0 saturated heterocycles. The van der Waals surface area contributed by atoms with E-state index in [9.17, 15) is 0 Å². The van der Waals surface area contributed by atoms with Gasteiger partial charge < -0.3 is 10.2 Å². The number of hydrogen-bond donors (Lipinski definition) is 1. The first-order valence-corrected chi connectivity index (χ1v) is 8.24. The highest BCUT2D eigenvalue weighted by Crippen LogP contribution is 2.31. The molecule has 1 aromatic rings. The van der Waals surface area contributed by atoms with Crippen molar-refractivity contribution >= 4 is 16.5 Å². The van der Waals surface area contributed by atoms with Crippen molar-refractivity contribution in [3.05, 3.63) is 10.6 Å². The maximum Gasteiger partial charge on any atom is 0.185 e. The molecule has 0 bridgehead atoms. The van der Waals surface area contributed by atoms with E-state index in [0.717, 1.165) is 25.6 Å². The second-order valence-corrected chi connectivity index (χ2v) is 6.60. The number of nitrogens with zero attached hydrogens (tertiary/aromatic N) is 2. The molecular formula is C15H29N3S. The van der Waals surface area contributed by atoms with E-state index < -0.39 is 0 Å². The molecule has 1 N–H and O–H groups in total. The Hall–Kier alpha value is -0.610. The average Bonchev–Trinajstić information content (AvgIpc) is 2.80. The molecule has 0 aliphatic heterocycles. The van der Waals surface area contributed by atoms with Crippen LogP contribution in [0.3, 0.4) is 0 Å². The van der Waals surface area contributed by atoms with E-state index in [4.69, 9.17) is 4.98 Å². The third-order valence-corrected chi connectivity index (χ3v) is 4.61. The maximum absolute atomic E-state index is 4.89. The van der Waals surface area contributed by atoms with E-state index in [2.05, 4.69) is 44.8 Å². The molecule has 0 aliphatic rings. The van der Waals surface area contributed by atoms with Crippen LogP contribution in [0.2, 0.25) is 0 Å². The summed E-state index contributed by atoms with van der Waals surface area (Å²) in [5.41, 5.74) is 1.26. The molecule has 0 saturated carbocycles. The number of thiazole rings is 1. The lowest BCUT2D eigenvalue weighted by Crippen LogP contribution is -2.27. The van der Waals surface area contributed by atoms with Gasteiger partial charge in [-0.1, -0.05) is 34.1 Å². The molecule has 1 heterocycles. The molecule has 1 aromatic heterocycles. The standard InChI is InChI=1S/C15H29N3S/c1-7-12(5)10-18(8-2)15-17-14(11(3)4)13(19-15)9-16-6/h11-12,16H,7-10H2,1-6H3. The Morgan fingerprint density at radius 3 is 2.42 bits per heavy atom. The highest BCUT2D eigenvalue weighted by molar-refractivity contribution is 7.15. The van der Waals surface area contributed by atoms with E-state index in [1.807, 2.05) is 18.4 Å². The Bertz CT molecular complexity index is 373. The second-order valence-electron chi connectivity index (χ2n) is 5.54. The minimum atomic E-state index is 0.496. The Morgan fingerprint density at radius 2 is 1.95 bits per heavy atom. The Labute approximate surface area is 122 Å². The van der Waals surface area contributed by atoms with Gasteiger partial charge in [-0.2, -0.15) is 0 Å². The number of anilines is 1. The fourth-order valence-electron chi connectivity index (χ4n) is 2.07. The van der Waals surface area contributed by atoms with Crippen LogP contribution in [0.1, 0.15) is 57.5 Å². The summed E-state index contributed by atoms with van der Waals surface area (Å²) in [5.74, 6) is 1.22. The Morgan fingerprint density at radius 1 is 1.26 bits per heavy atom. The fraction of sp³-hybridized carbons (Fsp3) is 0.800. The van der Waals surface area contributed by atoms with Gasteiger partial charge in [0.1, 0.15) is 0 Å². The van der Waals surface area contributed by atoms with Crippen molar-refractivity contribution in [2.45, 2.75) is 53.5 Å². The monoisotopic (exact) mass is 283 g/mol. The third-order valence-electron chi connectivity index (χ3n) is 3.48. The minimum Gasteiger partial charge on any atom is -0.348 e. The van der Waals surface area contributed by atoms with Crippen LogP contribution in [0.4, 0.5) is 5.13 Å². The molecule has 1 atom stereocenters. The zero-order valence-electron chi connectivity index (χ0n) is 13.3. The van der Waals surface area contributed by atoms with Gasteiger partial charge in [0.2, 0.25) is 0 Å². The van der Waals surface area contributed by atoms with Gasteiger partial charge in [-0.3, -0.25) is 0 Å². The summed E-state index contributed by atoms with van der Waals surface area (Å²) in [7, 11) is 2.00. The topological polar surface area (TPSA) is 28.2 Å². The van der Waals surface area contributed by atoms with Crippen molar-refractivity contribution in [3.63, 3.8) is 0 Å². The van der Waals surface area contributed by atoms with Crippen LogP contribution in [-0.4, -0.2) is 25.1 Å². The molecule has 0 fully saturated rings. The van der Waals surface area contributed by atoms with E-state index >= 15 is 0 Å². The summed E-state index contributed by atoms with van der Waals surface area (Å²) in [6, 6.07) is 0. The van der Waals surface area contributed by atoms with Gasteiger partial charge in [0.05, 0.1) is 5.69 Å². The minimum absolute atomic E-state index is 0.496. The summed E-state index contributed by atoms with van der Waals surface area (Å²) in [6.07, 6.45) is 1.22. The lowest BCUT2D eigenvalue weighted by Gasteiger charge is -2.23. The van der Waals surface area contributed by atoms with Crippen LogP contribution in [0, 0.1) is 5.92 Å². The van der Waals surface area contributed by atoms with Crippen molar-refractivity contribution in [2.24, 2.45) is 5.92 Å². The quantitative estimate of drug-likeness (QED) is 0.785. The molecule has 19 heavy (non-hydrogen) atoms. The van der Waals surface area contributed by atoms with E-state index in [0.29, 0.717) is 5.92 Å². The molecular weight excluding hydrogens is 254 g/mol. The van der Waals surface area contributed by atoms with Gasteiger partial charge in [-0.25, -0.2) is 4.98 Å². The summed E-state index contributed by atoms with van der Waals surface area (Å²) in [4.78, 5) is 8.70. The van der Waals surface area contributed by atoms with Crippen molar-refractivity contribution in [1.82, 2.24) is 10.3 Å². The van der Waals surface area contributed by atoms with Crippen LogP contribution in [0.25, 0.3) is 0 Å². The van der Waals surface area contributed by atoms with Crippen molar-refractivity contribution in [2.75, 3.05) is 25.0 Å². The van der Waals surface area contributed by atoms with Gasteiger partial charge in [-0.15, -0.1) is 11.3 Å². The highest BCUT2D eigenvalue weighted by atomic mass is 32.1. The average molecular weight is 283 g/mol. The van der Waals surface area contributed by atoms with Crippen molar-refractivity contribution < 1.29 is 0 Å². The van der Waals surface area contributed by atoms with Crippen LogP contribution >= 0.6 is 11.3 Å².